The molecule has 0 radical (unpaired) electrons. The molecule has 362 valence electrons. The van der Waals surface area contributed by atoms with E-state index in [-0.39, 0.29) is 11.9 Å². The Hall–Kier alpha value is -1.14. The number of hydrogen-bond acceptors (Lipinski definition) is 6. The van der Waals surface area contributed by atoms with Gasteiger partial charge < -0.3 is 19.1 Å². The number of carbonyl (C=O) groups is 2. The summed E-state index contributed by atoms with van der Waals surface area (Å²) >= 11 is 0. The molecule has 0 N–H and O–H groups in total. The van der Waals surface area contributed by atoms with Gasteiger partial charge in [0.25, 0.3) is 0 Å². The van der Waals surface area contributed by atoms with Gasteiger partial charge in [-0.3, -0.25) is 9.59 Å². The number of ether oxygens (including phenoxy) is 3. The molecule has 1 rings (SSSR count). The smallest absolute Gasteiger partial charge is 0.306 e. The summed E-state index contributed by atoms with van der Waals surface area (Å²) in [6.07, 6.45) is 47.9. The second-order valence-corrected chi connectivity index (χ2v) is 19.6. The molecule has 0 spiro atoms. The van der Waals surface area contributed by atoms with E-state index < -0.39 is 0 Å². The van der Waals surface area contributed by atoms with Crippen LogP contribution in [0.1, 0.15) is 278 Å². The van der Waals surface area contributed by atoms with Crippen LogP contribution in [0.3, 0.4) is 0 Å². The zero-order valence-electron chi connectivity index (χ0n) is 41.7. The second-order valence-electron chi connectivity index (χ2n) is 19.6. The number of carbonyl (C=O) groups excluding carboxylic acids is 2. The van der Waals surface area contributed by atoms with Crippen molar-refractivity contribution < 1.29 is 23.8 Å². The van der Waals surface area contributed by atoms with Crippen LogP contribution < -0.4 is 0 Å². The maximum Gasteiger partial charge on any atom is 0.306 e. The van der Waals surface area contributed by atoms with Crippen LogP contribution in [-0.4, -0.2) is 62.9 Å². The van der Waals surface area contributed by atoms with Gasteiger partial charge in [-0.2, -0.15) is 0 Å². The van der Waals surface area contributed by atoms with E-state index in [0.29, 0.717) is 43.8 Å². The first-order valence-corrected chi connectivity index (χ1v) is 27.6. The Bertz CT molecular complexity index is 912. The van der Waals surface area contributed by atoms with Gasteiger partial charge in [-0.25, -0.2) is 0 Å². The summed E-state index contributed by atoms with van der Waals surface area (Å²) in [5.41, 5.74) is 0. The maximum atomic E-state index is 12.5. The highest BCUT2D eigenvalue weighted by molar-refractivity contribution is 5.70. The first kappa shape index (κ1) is 57.9. The van der Waals surface area contributed by atoms with Crippen molar-refractivity contribution in [2.24, 2.45) is 17.8 Å². The number of unbranched alkanes of at least 4 members (excludes halogenated alkanes) is 21. The Labute approximate surface area is 381 Å². The topological polar surface area (TPSA) is 65.1 Å². The number of likely N-dealkylation sites (tertiary alicyclic amines) is 1. The zero-order valence-corrected chi connectivity index (χ0v) is 41.7. The van der Waals surface area contributed by atoms with E-state index in [4.69, 9.17) is 14.2 Å². The molecule has 0 aliphatic carbocycles. The van der Waals surface area contributed by atoms with Crippen molar-refractivity contribution in [1.29, 1.82) is 0 Å². The van der Waals surface area contributed by atoms with Crippen molar-refractivity contribution in [3.8, 4) is 0 Å². The molecular weight excluding hydrogens is 755 g/mol. The van der Waals surface area contributed by atoms with Crippen LogP contribution in [0.5, 0.6) is 0 Å². The lowest BCUT2D eigenvalue weighted by Gasteiger charge is -2.26. The molecule has 0 amide bonds. The van der Waals surface area contributed by atoms with E-state index in [1.165, 1.54) is 244 Å². The Morgan fingerprint density at radius 3 is 1.18 bits per heavy atom. The van der Waals surface area contributed by atoms with Crippen molar-refractivity contribution in [3.05, 3.63) is 0 Å². The van der Waals surface area contributed by atoms with E-state index >= 15 is 0 Å². The van der Waals surface area contributed by atoms with Gasteiger partial charge in [-0.1, -0.05) is 195 Å². The van der Waals surface area contributed by atoms with Gasteiger partial charge in [-0.15, -0.1) is 0 Å². The highest BCUT2D eigenvalue weighted by Gasteiger charge is 2.16. The minimum Gasteiger partial charge on any atom is -0.466 e. The molecule has 1 saturated heterocycles. The Morgan fingerprint density at radius 2 is 0.754 bits per heavy atom. The number of rotatable bonds is 47. The number of nitrogens with zero attached hydrogens (tertiary/aromatic N) is 1. The van der Waals surface area contributed by atoms with E-state index in [2.05, 4.69) is 32.6 Å². The first-order valence-electron chi connectivity index (χ1n) is 27.6. The summed E-state index contributed by atoms with van der Waals surface area (Å²) in [5.74, 6) is 1.82. The Morgan fingerprint density at radius 1 is 0.393 bits per heavy atom. The van der Waals surface area contributed by atoms with Crippen molar-refractivity contribution >= 4 is 11.9 Å². The molecule has 0 aromatic heterocycles. The molecule has 1 aliphatic rings. The van der Waals surface area contributed by atoms with Crippen LogP contribution in [0, 0.1) is 17.8 Å². The molecule has 2 unspecified atom stereocenters. The average molecular weight is 862 g/mol. The fourth-order valence-electron chi connectivity index (χ4n) is 9.53. The molecule has 6 nitrogen and oxygen atoms in total. The van der Waals surface area contributed by atoms with Crippen LogP contribution in [0.4, 0.5) is 0 Å². The van der Waals surface area contributed by atoms with Crippen LogP contribution in [0.25, 0.3) is 0 Å². The molecular formula is C55H107NO5. The molecule has 1 heterocycles. The fourth-order valence-corrected chi connectivity index (χ4v) is 9.53. The predicted molar refractivity (Wildman–Crippen MR) is 262 cm³/mol. The van der Waals surface area contributed by atoms with Crippen LogP contribution in [0.2, 0.25) is 0 Å². The van der Waals surface area contributed by atoms with Crippen LogP contribution in [0.15, 0.2) is 0 Å². The minimum absolute atomic E-state index is 0.0342. The summed E-state index contributed by atoms with van der Waals surface area (Å²) in [5, 5.41) is 0. The van der Waals surface area contributed by atoms with Crippen molar-refractivity contribution in [2.75, 3.05) is 46.1 Å². The number of hydrogen-bond donors (Lipinski definition) is 0. The third kappa shape index (κ3) is 39.0. The molecule has 61 heavy (non-hydrogen) atoms. The normalized spacial score (nSPS) is 14.4. The standard InChI is InChI=1S/C55H107NO5/c1-5-9-26-37-51(36-12-8-4)48-54(57)60-46-33-23-19-15-13-17-21-29-40-53(50-59-45-35-44-56-42-31-25-32-43-56)41-30-22-18-14-16-20-24-34-47-61-55(58)49-52(38-27-10-6-2)39-28-11-7-3/h51-53H,5-50H2,1-4H3. The second kappa shape index (κ2) is 45.4. The Balaban J connectivity index is 2.18. The van der Waals surface area contributed by atoms with Gasteiger partial charge in [0.15, 0.2) is 0 Å². The fraction of sp³-hybridized carbons (Fsp3) is 0.964. The largest absolute Gasteiger partial charge is 0.466 e. The summed E-state index contributed by atoms with van der Waals surface area (Å²) in [6, 6.07) is 0. The summed E-state index contributed by atoms with van der Waals surface area (Å²) in [4.78, 5) is 27.6. The lowest BCUT2D eigenvalue weighted by atomic mass is 9.92. The van der Waals surface area contributed by atoms with Gasteiger partial charge in [0.05, 0.1) is 13.2 Å². The molecule has 6 heteroatoms. The highest BCUT2D eigenvalue weighted by atomic mass is 16.5. The SMILES string of the molecule is CCCCCC(CCCC)CC(=O)OCCCCCCCCCCC(CCCCCCCCCCOC(=O)CC(CCCCC)CCCCC)COCCCN1CCCCC1. The zero-order chi connectivity index (χ0) is 44.1. The molecule has 0 aromatic carbocycles. The van der Waals surface area contributed by atoms with E-state index in [1.807, 2.05) is 0 Å². The van der Waals surface area contributed by atoms with Gasteiger partial charge in [0.1, 0.15) is 0 Å². The summed E-state index contributed by atoms with van der Waals surface area (Å²) in [6.45, 7) is 15.9. The number of esters is 2. The van der Waals surface area contributed by atoms with E-state index in [9.17, 15) is 9.59 Å². The van der Waals surface area contributed by atoms with Crippen molar-refractivity contribution in [1.82, 2.24) is 4.90 Å². The lowest BCUT2D eigenvalue weighted by Crippen LogP contribution is -2.31. The summed E-state index contributed by atoms with van der Waals surface area (Å²) < 4.78 is 17.6. The van der Waals surface area contributed by atoms with E-state index in [0.717, 1.165) is 26.1 Å². The summed E-state index contributed by atoms with van der Waals surface area (Å²) in [7, 11) is 0. The van der Waals surface area contributed by atoms with Crippen LogP contribution >= 0.6 is 0 Å². The third-order valence-corrected chi connectivity index (χ3v) is 13.6. The van der Waals surface area contributed by atoms with Gasteiger partial charge >= 0.3 is 11.9 Å². The van der Waals surface area contributed by atoms with Gasteiger partial charge in [-0.05, 0) is 101 Å². The minimum atomic E-state index is 0.0342. The maximum absolute atomic E-state index is 12.5. The number of piperidine rings is 1. The average Bonchev–Trinajstić information content (AvgIpc) is 3.26. The molecule has 0 bridgehead atoms. The van der Waals surface area contributed by atoms with Crippen molar-refractivity contribution in [2.45, 2.75) is 278 Å². The predicted octanol–water partition coefficient (Wildman–Crippen LogP) is 16.5. The highest BCUT2D eigenvalue weighted by Crippen LogP contribution is 2.24. The molecule has 0 saturated carbocycles. The Kier molecular flexibility index (Phi) is 43.1. The van der Waals surface area contributed by atoms with Gasteiger partial charge in [0.2, 0.25) is 0 Å². The quantitative estimate of drug-likeness (QED) is 0.0449. The lowest BCUT2D eigenvalue weighted by molar-refractivity contribution is -0.146. The van der Waals surface area contributed by atoms with Crippen LogP contribution in [-0.2, 0) is 23.8 Å². The monoisotopic (exact) mass is 862 g/mol. The molecule has 0 aromatic rings. The third-order valence-electron chi connectivity index (χ3n) is 13.6. The van der Waals surface area contributed by atoms with E-state index in [1.54, 1.807) is 0 Å². The molecule has 2 atom stereocenters. The molecule has 1 aliphatic heterocycles. The first-order chi connectivity index (χ1) is 30.0. The molecule has 1 fully saturated rings. The van der Waals surface area contributed by atoms with Crippen molar-refractivity contribution in [3.63, 3.8) is 0 Å². The van der Waals surface area contributed by atoms with Gasteiger partial charge in [0, 0.05) is 32.6 Å².